The van der Waals surface area contributed by atoms with E-state index in [2.05, 4.69) is 15.2 Å². The van der Waals surface area contributed by atoms with E-state index in [-0.39, 0.29) is 24.9 Å². The van der Waals surface area contributed by atoms with Gasteiger partial charge in [0.2, 0.25) is 5.76 Å². The number of carbonyl (C=O) groups is 2. The Labute approximate surface area is 329 Å². The summed E-state index contributed by atoms with van der Waals surface area (Å²) in [4.78, 5) is 33.2. The van der Waals surface area contributed by atoms with Crippen molar-refractivity contribution in [3.63, 3.8) is 0 Å². The second-order valence-electron chi connectivity index (χ2n) is 13.5. The molecule has 5 aromatic rings. The Balaban J connectivity index is 1.03. The fourth-order valence-electron chi connectivity index (χ4n) is 7.13. The van der Waals surface area contributed by atoms with Crippen molar-refractivity contribution in [2.24, 2.45) is 5.92 Å². The van der Waals surface area contributed by atoms with Crippen LogP contribution in [0.5, 0.6) is 17.2 Å². The number of piperidine rings is 3. The zero-order chi connectivity index (χ0) is 38.3. The number of aromatic nitrogens is 1. The van der Waals surface area contributed by atoms with Gasteiger partial charge < -0.3 is 33.4 Å². The van der Waals surface area contributed by atoms with Crippen molar-refractivity contribution >= 4 is 35.3 Å². The van der Waals surface area contributed by atoms with Gasteiger partial charge in [0.05, 0.1) is 30.3 Å². The lowest BCUT2D eigenvalue weighted by Crippen LogP contribution is -2.52. The summed E-state index contributed by atoms with van der Waals surface area (Å²) in [6.45, 7) is 2.93. The molecule has 3 saturated heterocycles. The SMILES string of the molecule is COc1ccc([C@H](Cc2c(Cl)cncc2Cl)OC(=O)c2ccc(COc3cccc([C@@H](NC(=O)OC4CN5CCC4CC5)c4ccccc4)c3)o2)cc1OC. The zero-order valence-electron chi connectivity index (χ0n) is 30.4. The Bertz CT molecular complexity index is 2080. The maximum Gasteiger partial charge on any atom is 0.408 e. The summed E-state index contributed by atoms with van der Waals surface area (Å²) in [6, 6.07) is 25.2. The lowest BCUT2D eigenvalue weighted by Gasteiger charge is -2.43. The van der Waals surface area contributed by atoms with Crippen molar-refractivity contribution in [1.29, 1.82) is 0 Å². The highest BCUT2D eigenvalue weighted by Gasteiger charge is 2.37. The van der Waals surface area contributed by atoms with E-state index in [1.54, 1.807) is 24.3 Å². The van der Waals surface area contributed by atoms with Gasteiger partial charge in [-0.15, -0.1) is 0 Å². The number of benzene rings is 3. The van der Waals surface area contributed by atoms with Gasteiger partial charge >= 0.3 is 12.1 Å². The number of fused-ring (bicyclic) bond motifs is 3. The zero-order valence-corrected chi connectivity index (χ0v) is 31.9. The molecule has 8 rings (SSSR count). The van der Waals surface area contributed by atoms with E-state index in [1.807, 2.05) is 54.6 Å². The van der Waals surface area contributed by atoms with Crippen LogP contribution >= 0.6 is 23.2 Å². The number of hydrogen-bond donors (Lipinski definition) is 1. The Kier molecular flexibility index (Phi) is 12.1. The van der Waals surface area contributed by atoms with E-state index < -0.39 is 24.2 Å². The van der Waals surface area contributed by atoms with Crippen molar-refractivity contribution < 1.29 is 37.7 Å². The first-order valence-electron chi connectivity index (χ1n) is 18.0. The Morgan fingerprint density at radius 2 is 1.62 bits per heavy atom. The molecule has 0 aliphatic carbocycles. The van der Waals surface area contributed by atoms with Crippen molar-refractivity contribution in [2.75, 3.05) is 33.9 Å². The second-order valence-corrected chi connectivity index (χ2v) is 14.3. The number of nitrogens with zero attached hydrogens (tertiary/aromatic N) is 2. The number of methoxy groups -OCH3 is 2. The Hall–Kier alpha value is -5.23. The van der Waals surface area contributed by atoms with Crippen LogP contribution in [-0.2, 0) is 22.5 Å². The van der Waals surface area contributed by atoms with Gasteiger partial charge in [0.25, 0.3) is 0 Å². The summed E-state index contributed by atoms with van der Waals surface area (Å²) in [5.74, 6) is 1.62. The minimum atomic E-state index is -0.823. The summed E-state index contributed by atoms with van der Waals surface area (Å²) in [5.41, 5.74) is 2.91. The first-order chi connectivity index (χ1) is 26.8. The average Bonchev–Trinajstić information content (AvgIpc) is 3.70. The number of furan rings is 1. The van der Waals surface area contributed by atoms with Gasteiger partial charge in [-0.3, -0.25) is 9.88 Å². The predicted octanol–water partition coefficient (Wildman–Crippen LogP) is 8.63. The highest BCUT2D eigenvalue weighted by molar-refractivity contribution is 6.35. The Morgan fingerprint density at radius 1 is 0.873 bits per heavy atom. The number of rotatable bonds is 14. The van der Waals surface area contributed by atoms with Gasteiger partial charge in [0, 0.05) is 25.4 Å². The topological polar surface area (TPSA) is 122 Å². The number of nitrogens with one attached hydrogen (secondary N) is 1. The van der Waals surface area contributed by atoms with Crippen LogP contribution < -0.4 is 19.5 Å². The molecule has 0 saturated carbocycles. The molecule has 3 aromatic carbocycles. The number of ether oxygens (including phenoxy) is 5. The quantitative estimate of drug-likeness (QED) is 0.110. The molecule has 3 aliphatic rings. The van der Waals surface area contributed by atoms with E-state index >= 15 is 0 Å². The van der Waals surface area contributed by atoms with Gasteiger partial charge in [0.1, 0.15) is 30.3 Å². The minimum absolute atomic E-state index is 0.0143. The molecule has 13 heteroatoms. The van der Waals surface area contributed by atoms with Crippen LogP contribution in [0.25, 0.3) is 0 Å². The van der Waals surface area contributed by atoms with Gasteiger partial charge in [-0.1, -0.05) is 71.7 Å². The van der Waals surface area contributed by atoms with E-state index in [0.29, 0.717) is 50.1 Å². The van der Waals surface area contributed by atoms with Crippen LogP contribution in [0.2, 0.25) is 10.0 Å². The maximum absolute atomic E-state index is 13.5. The molecule has 0 radical (unpaired) electrons. The van der Waals surface area contributed by atoms with Crippen LogP contribution in [0.1, 0.15) is 63.6 Å². The molecule has 1 unspecified atom stereocenters. The largest absolute Gasteiger partial charge is 0.493 e. The number of hydrogen-bond acceptors (Lipinski definition) is 10. The standard InChI is InChI=1S/C42H41Cl2N3O8/c1-50-35-13-11-28(20-38(35)51-2)37(21-32-33(43)22-45-23-34(32)44)54-41(48)36-14-12-31(53-36)25-52-30-10-6-9-29(19-30)40(27-7-4-3-5-8-27)46-42(49)55-39-24-47-17-15-26(39)16-18-47/h3-14,19-20,22-23,26,37,39-40H,15-18,21,24-25H2,1-2H3,(H,46,49)/t37-,39?,40-/m0/s1. The van der Waals surface area contributed by atoms with Gasteiger partial charge in [-0.05, 0) is 90.5 Å². The second kappa shape index (κ2) is 17.5. The summed E-state index contributed by atoms with van der Waals surface area (Å²) >= 11 is 12.9. The normalized spacial score (nSPS) is 18.5. The lowest BCUT2D eigenvalue weighted by atomic mass is 9.86. The molecular formula is C42H41Cl2N3O8. The van der Waals surface area contributed by atoms with Crippen LogP contribution in [0.4, 0.5) is 4.79 Å². The van der Waals surface area contributed by atoms with Crippen molar-refractivity contribution in [3.8, 4) is 17.2 Å². The third-order valence-electron chi connectivity index (χ3n) is 10.1. The number of pyridine rings is 1. The molecule has 3 aliphatic heterocycles. The smallest absolute Gasteiger partial charge is 0.408 e. The van der Waals surface area contributed by atoms with Crippen LogP contribution in [-0.4, -0.2) is 61.9 Å². The maximum atomic E-state index is 13.5. The predicted molar refractivity (Wildman–Crippen MR) is 206 cm³/mol. The minimum Gasteiger partial charge on any atom is -0.493 e. The molecular weight excluding hydrogens is 745 g/mol. The molecule has 1 amide bonds. The molecule has 3 fully saturated rings. The third-order valence-corrected chi connectivity index (χ3v) is 10.7. The van der Waals surface area contributed by atoms with Gasteiger partial charge in [-0.25, -0.2) is 9.59 Å². The molecule has 2 bridgehead atoms. The molecule has 2 aromatic heterocycles. The highest BCUT2D eigenvalue weighted by atomic mass is 35.5. The molecule has 3 atom stereocenters. The van der Waals surface area contributed by atoms with Gasteiger partial charge in [-0.2, -0.15) is 0 Å². The number of halogens is 2. The van der Waals surface area contributed by atoms with E-state index in [4.69, 9.17) is 51.3 Å². The summed E-state index contributed by atoms with van der Waals surface area (Å²) in [6.07, 6.45) is 3.84. The highest BCUT2D eigenvalue weighted by Crippen LogP contribution is 2.36. The molecule has 0 spiro atoms. The lowest BCUT2D eigenvalue weighted by molar-refractivity contribution is -0.0336. The third kappa shape index (κ3) is 9.19. The first-order valence-corrected chi connectivity index (χ1v) is 18.8. The van der Waals surface area contributed by atoms with Crippen molar-refractivity contribution in [1.82, 2.24) is 15.2 Å². The summed E-state index contributed by atoms with van der Waals surface area (Å²) in [5, 5.41) is 3.78. The molecule has 11 nitrogen and oxygen atoms in total. The fraction of sp³-hybridized carbons (Fsp3) is 0.310. The van der Waals surface area contributed by atoms with E-state index in [9.17, 15) is 9.59 Å². The van der Waals surface area contributed by atoms with Crippen molar-refractivity contribution in [3.05, 3.63) is 141 Å². The summed E-state index contributed by atoms with van der Waals surface area (Å²) < 4.78 is 34.9. The van der Waals surface area contributed by atoms with Crippen molar-refractivity contribution in [2.45, 2.75) is 44.1 Å². The average molecular weight is 787 g/mol. The molecule has 286 valence electrons. The van der Waals surface area contributed by atoms with Gasteiger partial charge in [0.15, 0.2) is 11.5 Å². The number of alkyl carbamates (subject to hydrolysis) is 1. The van der Waals surface area contributed by atoms with Crippen LogP contribution in [0.15, 0.2) is 102 Å². The Morgan fingerprint density at radius 3 is 2.33 bits per heavy atom. The first kappa shape index (κ1) is 38.1. The van der Waals surface area contributed by atoms with Crippen LogP contribution in [0, 0.1) is 5.92 Å². The van der Waals surface area contributed by atoms with E-state index in [1.165, 1.54) is 32.7 Å². The molecule has 1 N–H and O–H groups in total. The number of carbonyl (C=O) groups excluding carboxylic acids is 2. The van der Waals surface area contributed by atoms with E-state index in [0.717, 1.165) is 43.6 Å². The monoisotopic (exact) mass is 785 g/mol. The molecule has 5 heterocycles. The number of esters is 1. The molecule has 55 heavy (non-hydrogen) atoms. The van der Waals surface area contributed by atoms with Crippen LogP contribution in [0.3, 0.4) is 0 Å². The summed E-state index contributed by atoms with van der Waals surface area (Å²) in [7, 11) is 3.06. The fourth-order valence-corrected chi connectivity index (χ4v) is 7.65. The number of amides is 1.